The first kappa shape index (κ1) is 20.8. The highest BCUT2D eigenvalue weighted by Gasteiger charge is 2.28. The Hall–Kier alpha value is -3.42. The molecule has 2 aromatic carbocycles. The van der Waals surface area contributed by atoms with Gasteiger partial charge in [-0.15, -0.1) is 0 Å². The third-order valence-corrected chi connectivity index (χ3v) is 5.28. The van der Waals surface area contributed by atoms with E-state index in [-0.39, 0.29) is 30.2 Å². The molecule has 0 saturated carbocycles. The molecule has 2 heterocycles. The predicted octanol–water partition coefficient (Wildman–Crippen LogP) is 3.92. The zero-order valence-corrected chi connectivity index (χ0v) is 17.2. The summed E-state index contributed by atoms with van der Waals surface area (Å²) in [5.41, 5.74) is 1.19. The van der Waals surface area contributed by atoms with E-state index in [0.717, 1.165) is 19.3 Å². The molecule has 1 fully saturated rings. The van der Waals surface area contributed by atoms with Crippen molar-refractivity contribution in [2.75, 3.05) is 19.6 Å². The summed E-state index contributed by atoms with van der Waals surface area (Å²) in [6.07, 6.45) is 2.54. The molecule has 1 saturated heterocycles. The average Bonchev–Trinajstić information content (AvgIpc) is 3.28. The fourth-order valence-electron chi connectivity index (χ4n) is 3.64. The zero-order chi connectivity index (χ0) is 21.5. The van der Waals surface area contributed by atoms with Crippen LogP contribution in [-0.4, -0.2) is 40.7 Å². The van der Waals surface area contributed by atoms with E-state index in [1.807, 2.05) is 30.3 Å². The standard InChI is InChI=1S/C23H25FN4O3/c24-19-10-4-5-11-20(19)30-16-21-26-22(27-31-21)18-9-6-14-28(15-18)23(29)25-13-12-17-7-2-1-3-8-17/h1-5,7-8,10-11,18H,6,9,12-16H2,(H,25,29). The van der Waals surface area contributed by atoms with E-state index < -0.39 is 5.82 Å². The maximum atomic E-state index is 13.7. The first-order valence-corrected chi connectivity index (χ1v) is 10.5. The second-order valence-corrected chi connectivity index (χ2v) is 7.52. The molecule has 3 aromatic rings. The minimum absolute atomic E-state index is 0.000385. The van der Waals surface area contributed by atoms with Gasteiger partial charge in [0.25, 0.3) is 5.89 Å². The van der Waals surface area contributed by atoms with Gasteiger partial charge in [-0.05, 0) is 37.0 Å². The van der Waals surface area contributed by atoms with Gasteiger partial charge in [0, 0.05) is 25.6 Å². The molecule has 162 valence electrons. The number of amides is 2. The number of aromatic nitrogens is 2. The van der Waals surface area contributed by atoms with Crippen LogP contribution in [0.3, 0.4) is 0 Å². The molecule has 0 radical (unpaired) electrons. The van der Waals surface area contributed by atoms with Gasteiger partial charge in [-0.2, -0.15) is 4.98 Å². The number of hydrogen-bond donors (Lipinski definition) is 1. The van der Waals surface area contributed by atoms with Crippen LogP contribution in [0, 0.1) is 5.82 Å². The summed E-state index contributed by atoms with van der Waals surface area (Å²) >= 11 is 0. The van der Waals surface area contributed by atoms with Crippen LogP contribution in [-0.2, 0) is 13.0 Å². The molecule has 0 aliphatic carbocycles. The highest BCUT2D eigenvalue weighted by Crippen LogP contribution is 2.25. The minimum atomic E-state index is -0.441. The van der Waals surface area contributed by atoms with E-state index in [4.69, 9.17) is 9.26 Å². The van der Waals surface area contributed by atoms with Crippen LogP contribution in [0.1, 0.15) is 36.0 Å². The Bertz CT molecular complexity index is 995. The summed E-state index contributed by atoms with van der Waals surface area (Å²) in [7, 11) is 0. The van der Waals surface area contributed by atoms with Crippen molar-refractivity contribution in [1.82, 2.24) is 20.4 Å². The third-order valence-electron chi connectivity index (χ3n) is 5.28. The first-order chi connectivity index (χ1) is 15.2. The van der Waals surface area contributed by atoms with E-state index in [0.29, 0.717) is 25.5 Å². The van der Waals surface area contributed by atoms with Gasteiger partial charge in [0.05, 0.1) is 0 Å². The van der Waals surface area contributed by atoms with Gasteiger partial charge in [0.1, 0.15) is 0 Å². The average molecular weight is 424 g/mol. The second kappa shape index (κ2) is 10.1. The lowest BCUT2D eigenvalue weighted by Crippen LogP contribution is -2.45. The van der Waals surface area contributed by atoms with Crippen molar-refractivity contribution in [3.05, 3.63) is 77.7 Å². The fourth-order valence-corrected chi connectivity index (χ4v) is 3.64. The Morgan fingerprint density at radius 3 is 2.84 bits per heavy atom. The Morgan fingerprint density at radius 1 is 1.19 bits per heavy atom. The van der Waals surface area contributed by atoms with E-state index >= 15 is 0 Å². The number of para-hydroxylation sites is 1. The van der Waals surface area contributed by atoms with Crippen molar-refractivity contribution >= 4 is 6.03 Å². The monoisotopic (exact) mass is 424 g/mol. The lowest BCUT2D eigenvalue weighted by atomic mass is 9.98. The van der Waals surface area contributed by atoms with Crippen molar-refractivity contribution in [2.45, 2.75) is 31.8 Å². The van der Waals surface area contributed by atoms with E-state index in [1.165, 1.54) is 11.6 Å². The smallest absolute Gasteiger partial charge is 0.317 e. The number of likely N-dealkylation sites (tertiary alicyclic amines) is 1. The highest BCUT2D eigenvalue weighted by molar-refractivity contribution is 5.74. The van der Waals surface area contributed by atoms with Gasteiger partial charge in [0.2, 0.25) is 0 Å². The molecule has 31 heavy (non-hydrogen) atoms. The summed E-state index contributed by atoms with van der Waals surface area (Å²) in [5.74, 6) is 0.526. The number of urea groups is 1. The predicted molar refractivity (Wildman–Crippen MR) is 112 cm³/mol. The molecule has 4 rings (SSSR count). The van der Waals surface area contributed by atoms with Crippen molar-refractivity contribution in [1.29, 1.82) is 0 Å². The largest absolute Gasteiger partial charge is 0.481 e. The van der Waals surface area contributed by atoms with Gasteiger partial charge in [-0.25, -0.2) is 9.18 Å². The number of rotatable bonds is 7. The van der Waals surface area contributed by atoms with Crippen LogP contribution in [0.2, 0.25) is 0 Å². The van der Waals surface area contributed by atoms with Gasteiger partial charge < -0.3 is 19.5 Å². The molecule has 1 aliphatic heterocycles. The van der Waals surface area contributed by atoms with Crippen LogP contribution >= 0.6 is 0 Å². The number of benzene rings is 2. The first-order valence-electron chi connectivity index (χ1n) is 10.5. The number of carbonyl (C=O) groups excluding carboxylic acids is 1. The van der Waals surface area contributed by atoms with Crippen LogP contribution in [0.5, 0.6) is 5.75 Å². The maximum absolute atomic E-state index is 13.7. The van der Waals surface area contributed by atoms with Crippen molar-refractivity contribution < 1.29 is 18.4 Å². The lowest BCUT2D eigenvalue weighted by Gasteiger charge is -2.31. The summed E-state index contributed by atoms with van der Waals surface area (Å²) in [5, 5.41) is 7.04. The number of carbonyl (C=O) groups is 1. The van der Waals surface area contributed by atoms with Crippen molar-refractivity contribution in [2.24, 2.45) is 0 Å². The number of hydrogen-bond acceptors (Lipinski definition) is 5. The summed E-state index contributed by atoms with van der Waals surface area (Å²) in [4.78, 5) is 18.7. The van der Waals surface area contributed by atoms with Crippen molar-refractivity contribution in [3.63, 3.8) is 0 Å². The molecule has 1 atom stereocenters. The number of nitrogens with one attached hydrogen (secondary N) is 1. The van der Waals surface area contributed by atoms with Crippen LogP contribution in [0.25, 0.3) is 0 Å². The molecule has 7 nitrogen and oxygen atoms in total. The number of halogens is 1. The molecular weight excluding hydrogens is 399 g/mol. The Balaban J connectivity index is 1.27. The normalized spacial score (nSPS) is 16.2. The van der Waals surface area contributed by atoms with E-state index in [1.54, 1.807) is 23.1 Å². The molecule has 1 aliphatic rings. The van der Waals surface area contributed by atoms with Gasteiger partial charge in [0.15, 0.2) is 24.0 Å². The molecule has 0 spiro atoms. The van der Waals surface area contributed by atoms with Gasteiger partial charge >= 0.3 is 6.03 Å². The van der Waals surface area contributed by atoms with Crippen LogP contribution in [0.15, 0.2) is 59.1 Å². The Labute approximate surface area is 180 Å². The molecule has 0 bridgehead atoms. The Kier molecular flexibility index (Phi) is 6.76. The fraction of sp³-hybridized carbons (Fsp3) is 0.348. The second-order valence-electron chi connectivity index (χ2n) is 7.52. The maximum Gasteiger partial charge on any atom is 0.317 e. The van der Waals surface area contributed by atoms with Gasteiger partial charge in [-0.3, -0.25) is 0 Å². The molecule has 1 unspecified atom stereocenters. The summed E-state index contributed by atoms with van der Waals surface area (Å²) < 4.78 is 24.3. The molecule has 1 aromatic heterocycles. The molecule has 8 heteroatoms. The number of ether oxygens (including phenoxy) is 1. The minimum Gasteiger partial charge on any atom is -0.481 e. The highest BCUT2D eigenvalue weighted by atomic mass is 19.1. The molecular formula is C23H25FN4O3. The SMILES string of the molecule is O=C(NCCc1ccccc1)N1CCCC(c2noc(COc3ccccc3F)n2)C1. The van der Waals surface area contributed by atoms with E-state index in [2.05, 4.69) is 15.5 Å². The third kappa shape index (κ3) is 5.59. The van der Waals surface area contributed by atoms with Gasteiger partial charge in [-0.1, -0.05) is 47.6 Å². The van der Waals surface area contributed by atoms with E-state index in [9.17, 15) is 9.18 Å². The topological polar surface area (TPSA) is 80.5 Å². The van der Waals surface area contributed by atoms with Crippen LogP contribution < -0.4 is 10.1 Å². The van der Waals surface area contributed by atoms with Crippen LogP contribution in [0.4, 0.5) is 9.18 Å². The summed E-state index contributed by atoms with van der Waals surface area (Å²) in [6.45, 7) is 1.81. The Morgan fingerprint density at radius 2 is 2.00 bits per heavy atom. The zero-order valence-electron chi connectivity index (χ0n) is 17.2. The number of piperidine rings is 1. The van der Waals surface area contributed by atoms with Crippen molar-refractivity contribution in [3.8, 4) is 5.75 Å². The lowest BCUT2D eigenvalue weighted by molar-refractivity contribution is 0.177. The molecule has 2 amide bonds. The molecule has 1 N–H and O–H groups in total. The number of nitrogens with zero attached hydrogens (tertiary/aromatic N) is 3. The summed E-state index contributed by atoms with van der Waals surface area (Å²) in [6, 6.07) is 16.1. The quantitative estimate of drug-likeness (QED) is 0.622.